The number of anilines is 1. The first kappa shape index (κ1) is 13.9. The summed E-state index contributed by atoms with van der Waals surface area (Å²) < 4.78 is 2.33. The maximum atomic E-state index is 4.67. The number of fused-ring (bicyclic) bond motifs is 2. The lowest BCUT2D eigenvalue weighted by molar-refractivity contribution is 0.342. The Labute approximate surface area is 122 Å². The smallest absolute Gasteiger partial charge is 0.205 e. The molecule has 2 unspecified atom stereocenters. The summed E-state index contributed by atoms with van der Waals surface area (Å²) in [5.74, 6) is 1.19. The van der Waals surface area contributed by atoms with Crippen molar-refractivity contribution < 1.29 is 0 Å². The van der Waals surface area contributed by atoms with Gasteiger partial charge in [0.15, 0.2) is 0 Å². The maximum absolute atomic E-state index is 4.67. The summed E-state index contributed by atoms with van der Waals surface area (Å²) in [6.45, 7) is 6.71. The lowest BCUT2D eigenvalue weighted by Crippen LogP contribution is -2.49. The summed E-state index contributed by atoms with van der Waals surface area (Å²) in [4.78, 5) is 7.25. The summed E-state index contributed by atoms with van der Waals surface area (Å²) >= 11 is 0. The van der Waals surface area contributed by atoms with Gasteiger partial charge >= 0.3 is 0 Å². The lowest BCUT2D eigenvalue weighted by Gasteiger charge is -2.38. The number of imidazole rings is 1. The minimum absolute atomic E-state index is 0.673. The first-order valence-corrected chi connectivity index (χ1v) is 8.35. The van der Waals surface area contributed by atoms with Crippen LogP contribution in [0.1, 0.15) is 52.4 Å². The molecule has 2 bridgehead atoms. The summed E-state index contributed by atoms with van der Waals surface area (Å²) in [6.07, 6.45) is 11.8. The molecule has 0 aromatic carbocycles. The number of piperidine rings is 1. The number of hydrogen-bond acceptors (Lipinski definition) is 3. The fourth-order valence-electron chi connectivity index (χ4n) is 3.94. The van der Waals surface area contributed by atoms with Crippen LogP contribution in [0.3, 0.4) is 0 Å². The first-order valence-electron chi connectivity index (χ1n) is 8.35. The van der Waals surface area contributed by atoms with Crippen molar-refractivity contribution in [2.45, 2.75) is 77.0 Å². The van der Waals surface area contributed by atoms with E-state index in [1.807, 2.05) is 6.20 Å². The topological polar surface area (TPSA) is 33.1 Å². The van der Waals surface area contributed by atoms with Gasteiger partial charge in [-0.1, -0.05) is 13.8 Å². The van der Waals surface area contributed by atoms with E-state index in [1.54, 1.807) is 0 Å². The number of rotatable bonds is 6. The van der Waals surface area contributed by atoms with Crippen molar-refractivity contribution in [3.8, 4) is 0 Å². The average Bonchev–Trinajstić information content (AvgIpc) is 3.03. The van der Waals surface area contributed by atoms with Crippen LogP contribution in [0.5, 0.6) is 0 Å². The van der Waals surface area contributed by atoms with Gasteiger partial charge in [0, 0.05) is 43.6 Å². The van der Waals surface area contributed by atoms with Gasteiger partial charge < -0.3 is 14.8 Å². The molecule has 3 rings (SSSR count). The van der Waals surface area contributed by atoms with Crippen LogP contribution < -0.4 is 10.2 Å². The molecular weight excluding hydrogens is 248 g/mol. The second-order valence-corrected chi connectivity index (χ2v) is 6.38. The van der Waals surface area contributed by atoms with Crippen molar-refractivity contribution in [2.75, 3.05) is 11.4 Å². The minimum Gasteiger partial charge on any atom is -0.339 e. The number of aryl methyl sites for hydroxylation is 1. The summed E-state index contributed by atoms with van der Waals surface area (Å²) in [5.41, 5.74) is 0. The zero-order valence-corrected chi connectivity index (χ0v) is 12.9. The summed E-state index contributed by atoms with van der Waals surface area (Å²) in [7, 11) is 0. The molecule has 0 spiro atoms. The number of nitrogens with zero attached hydrogens (tertiary/aromatic N) is 3. The van der Waals surface area contributed by atoms with E-state index >= 15 is 0 Å². The predicted molar refractivity (Wildman–Crippen MR) is 83.1 cm³/mol. The molecule has 0 amide bonds. The largest absolute Gasteiger partial charge is 0.339 e. The van der Waals surface area contributed by atoms with Crippen molar-refractivity contribution in [2.24, 2.45) is 0 Å². The Morgan fingerprint density at radius 2 is 2.00 bits per heavy atom. The molecule has 0 aliphatic carbocycles. The molecule has 0 radical (unpaired) electrons. The second-order valence-electron chi connectivity index (χ2n) is 6.38. The van der Waals surface area contributed by atoms with Crippen LogP contribution in [0.2, 0.25) is 0 Å². The van der Waals surface area contributed by atoms with E-state index in [2.05, 4.69) is 39.8 Å². The highest BCUT2D eigenvalue weighted by atomic mass is 15.3. The van der Waals surface area contributed by atoms with E-state index in [4.69, 9.17) is 0 Å². The van der Waals surface area contributed by atoms with Crippen LogP contribution in [0.15, 0.2) is 12.4 Å². The van der Waals surface area contributed by atoms with Crippen molar-refractivity contribution in [3.63, 3.8) is 0 Å². The van der Waals surface area contributed by atoms with Gasteiger partial charge in [-0.3, -0.25) is 0 Å². The zero-order valence-electron chi connectivity index (χ0n) is 12.9. The maximum Gasteiger partial charge on any atom is 0.205 e. The van der Waals surface area contributed by atoms with Gasteiger partial charge in [-0.2, -0.15) is 0 Å². The molecular formula is C16H28N4. The zero-order chi connectivity index (χ0) is 13.9. The van der Waals surface area contributed by atoms with Crippen molar-refractivity contribution in [3.05, 3.63) is 12.4 Å². The molecule has 1 N–H and O–H groups in total. The third-order valence-electron chi connectivity index (χ3n) is 4.77. The molecule has 2 aliphatic rings. The van der Waals surface area contributed by atoms with Crippen LogP contribution in [0.4, 0.5) is 5.95 Å². The molecule has 2 aliphatic heterocycles. The highest BCUT2D eigenvalue weighted by Gasteiger charge is 2.36. The van der Waals surface area contributed by atoms with Crippen LogP contribution in [0, 0.1) is 0 Å². The van der Waals surface area contributed by atoms with Gasteiger partial charge in [0.1, 0.15) is 0 Å². The first-order chi connectivity index (χ1) is 9.81. The van der Waals surface area contributed by atoms with E-state index < -0.39 is 0 Å². The fraction of sp³-hybridized carbons (Fsp3) is 0.812. The molecule has 0 saturated carbocycles. The molecule has 4 heteroatoms. The van der Waals surface area contributed by atoms with E-state index in [0.29, 0.717) is 6.04 Å². The Kier molecular flexibility index (Phi) is 4.29. The minimum atomic E-state index is 0.673. The number of aromatic nitrogens is 2. The predicted octanol–water partition coefficient (Wildman–Crippen LogP) is 2.79. The molecule has 2 atom stereocenters. The van der Waals surface area contributed by atoms with E-state index in [0.717, 1.165) is 25.2 Å². The van der Waals surface area contributed by atoms with Crippen molar-refractivity contribution in [1.82, 2.24) is 14.9 Å². The van der Waals surface area contributed by atoms with Crippen molar-refractivity contribution in [1.29, 1.82) is 0 Å². The third kappa shape index (κ3) is 2.71. The monoisotopic (exact) mass is 276 g/mol. The quantitative estimate of drug-likeness (QED) is 0.867. The van der Waals surface area contributed by atoms with Crippen LogP contribution in [-0.2, 0) is 6.54 Å². The highest BCUT2D eigenvalue weighted by Crippen LogP contribution is 2.31. The van der Waals surface area contributed by atoms with Crippen LogP contribution in [-0.4, -0.2) is 34.2 Å². The molecule has 20 heavy (non-hydrogen) atoms. The summed E-state index contributed by atoms with van der Waals surface area (Å²) in [6, 6.07) is 2.16. The normalized spacial score (nSPS) is 28.8. The van der Waals surface area contributed by atoms with E-state index in [-0.39, 0.29) is 0 Å². The molecule has 1 aromatic rings. The molecule has 2 saturated heterocycles. The van der Waals surface area contributed by atoms with Gasteiger partial charge in [-0.05, 0) is 38.5 Å². The van der Waals surface area contributed by atoms with E-state index in [1.165, 1.54) is 44.5 Å². The Bertz CT molecular complexity index is 416. The standard InChI is InChI=1S/C16H28N4/c1-3-8-19-10-7-17-16(19)20(9-4-2)15-11-13-5-6-14(12-15)18-13/h7,10,13-15,18H,3-6,8-9,11-12H2,1-2H3. The Balaban J connectivity index is 1.79. The highest BCUT2D eigenvalue weighted by molar-refractivity contribution is 5.34. The van der Waals surface area contributed by atoms with Crippen LogP contribution >= 0.6 is 0 Å². The Morgan fingerprint density at radius 3 is 2.65 bits per heavy atom. The SMILES string of the molecule is CCCN(c1nccn1CCC)C1CC2CCC(C1)N2. The lowest BCUT2D eigenvalue weighted by atomic mass is 9.98. The number of hydrogen-bond donors (Lipinski definition) is 1. The molecule has 3 heterocycles. The van der Waals surface area contributed by atoms with E-state index in [9.17, 15) is 0 Å². The average molecular weight is 276 g/mol. The molecule has 4 nitrogen and oxygen atoms in total. The van der Waals surface area contributed by atoms with Gasteiger partial charge in [0.05, 0.1) is 0 Å². The van der Waals surface area contributed by atoms with Gasteiger partial charge in [0.2, 0.25) is 5.95 Å². The Morgan fingerprint density at radius 1 is 1.25 bits per heavy atom. The van der Waals surface area contributed by atoms with Gasteiger partial charge in [-0.15, -0.1) is 0 Å². The molecule has 112 valence electrons. The van der Waals surface area contributed by atoms with Gasteiger partial charge in [0.25, 0.3) is 0 Å². The second kappa shape index (κ2) is 6.17. The number of nitrogens with one attached hydrogen (secondary N) is 1. The Hall–Kier alpha value is -1.03. The third-order valence-corrected chi connectivity index (χ3v) is 4.77. The van der Waals surface area contributed by atoms with Crippen LogP contribution in [0.25, 0.3) is 0 Å². The molecule has 2 fully saturated rings. The van der Waals surface area contributed by atoms with Crippen molar-refractivity contribution >= 4 is 5.95 Å². The summed E-state index contributed by atoms with van der Waals surface area (Å²) in [5, 5.41) is 3.75. The van der Waals surface area contributed by atoms with Gasteiger partial charge in [-0.25, -0.2) is 4.98 Å². The fourth-order valence-corrected chi connectivity index (χ4v) is 3.94. The molecule has 1 aromatic heterocycles.